The van der Waals surface area contributed by atoms with Crippen LogP contribution in [0.1, 0.15) is 32.6 Å². The van der Waals surface area contributed by atoms with Crippen molar-refractivity contribution >= 4 is 22.8 Å². The lowest BCUT2D eigenvalue weighted by atomic mass is 10.1. The molecule has 1 atom stereocenters. The summed E-state index contributed by atoms with van der Waals surface area (Å²) < 4.78 is 2.13. The molecule has 2 aromatic heterocycles. The smallest absolute Gasteiger partial charge is 0.160 e. The average Bonchev–Trinajstić information content (AvgIpc) is 2.64. The average molecular weight is 267 g/mol. The van der Waals surface area contributed by atoms with Gasteiger partial charge in [0.15, 0.2) is 5.65 Å². The van der Waals surface area contributed by atoms with E-state index in [0.717, 1.165) is 23.4 Å². The summed E-state index contributed by atoms with van der Waals surface area (Å²) in [5, 5.41) is 0.614. The van der Waals surface area contributed by atoms with Gasteiger partial charge in [0, 0.05) is 25.2 Å². The molecule has 0 amide bonds. The van der Waals surface area contributed by atoms with Crippen molar-refractivity contribution in [3.63, 3.8) is 0 Å². The number of halogens is 1. The fourth-order valence-corrected chi connectivity index (χ4v) is 2.23. The predicted molar refractivity (Wildman–Crippen MR) is 74.8 cm³/mol. The molecule has 2 N–H and O–H groups in total. The molecule has 0 fully saturated rings. The number of imidazole rings is 1. The normalized spacial score (nSPS) is 13.4. The second-order valence-electron chi connectivity index (χ2n) is 5.08. The molecule has 0 aromatic carbocycles. The third-order valence-electron chi connectivity index (χ3n) is 2.94. The highest BCUT2D eigenvalue weighted by molar-refractivity contribution is 6.31. The Bertz CT molecular complexity index is 547. The maximum Gasteiger partial charge on any atom is 0.160 e. The van der Waals surface area contributed by atoms with Gasteiger partial charge in [0.2, 0.25) is 0 Å². The first-order valence-electron chi connectivity index (χ1n) is 6.25. The second-order valence-corrected chi connectivity index (χ2v) is 5.51. The van der Waals surface area contributed by atoms with Crippen LogP contribution in [0.2, 0.25) is 5.02 Å². The molecule has 2 rings (SSSR count). The Morgan fingerprint density at radius 3 is 2.72 bits per heavy atom. The number of hydrogen-bond donors (Lipinski definition) is 1. The van der Waals surface area contributed by atoms with Crippen LogP contribution in [-0.2, 0) is 6.42 Å². The van der Waals surface area contributed by atoms with E-state index in [1.165, 1.54) is 0 Å². The zero-order valence-corrected chi connectivity index (χ0v) is 11.8. The van der Waals surface area contributed by atoms with Gasteiger partial charge >= 0.3 is 0 Å². The third-order valence-corrected chi connectivity index (χ3v) is 3.15. The number of hydrogen-bond acceptors (Lipinski definition) is 3. The van der Waals surface area contributed by atoms with Gasteiger partial charge in [0.1, 0.15) is 11.3 Å². The molecule has 0 saturated heterocycles. The largest absolute Gasteiger partial charge is 0.328 e. The first kappa shape index (κ1) is 13.3. The Labute approximate surface area is 112 Å². The van der Waals surface area contributed by atoms with Gasteiger partial charge < -0.3 is 10.3 Å². The molecule has 0 aliphatic heterocycles. The lowest BCUT2D eigenvalue weighted by Gasteiger charge is -2.15. The minimum atomic E-state index is 0.192. The number of fused-ring (bicyclic) bond motifs is 1. The van der Waals surface area contributed by atoms with Gasteiger partial charge in [-0.3, -0.25) is 0 Å². The van der Waals surface area contributed by atoms with Gasteiger partial charge in [-0.1, -0.05) is 25.4 Å². The molecule has 18 heavy (non-hydrogen) atoms. The van der Waals surface area contributed by atoms with Crippen LogP contribution in [0, 0.1) is 5.92 Å². The van der Waals surface area contributed by atoms with Crippen LogP contribution >= 0.6 is 11.6 Å². The zero-order chi connectivity index (χ0) is 13.3. The van der Waals surface area contributed by atoms with Crippen molar-refractivity contribution in [2.45, 2.75) is 33.2 Å². The van der Waals surface area contributed by atoms with E-state index in [-0.39, 0.29) is 6.04 Å². The minimum absolute atomic E-state index is 0.192. The molecule has 0 aliphatic rings. The first-order chi connectivity index (χ1) is 8.52. The van der Waals surface area contributed by atoms with E-state index in [2.05, 4.69) is 35.3 Å². The minimum Gasteiger partial charge on any atom is -0.328 e. The van der Waals surface area contributed by atoms with Gasteiger partial charge in [0.25, 0.3) is 0 Å². The van der Waals surface area contributed by atoms with E-state index in [9.17, 15) is 0 Å². The van der Waals surface area contributed by atoms with E-state index in [1.54, 1.807) is 6.20 Å². The molecule has 98 valence electrons. The van der Waals surface area contributed by atoms with Crippen LogP contribution in [-0.4, -0.2) is 21.1 Å². The van der Waals surface area contributed by atoms with Crippen molar-refractivity contribution in [2.24, 2.45) is 11.7 Å². The van der Waals surface area contributed by atoms with Crippen LogP contribution in [0.4, 0.5) is 0 Å². The van der Waals surface area contributed by atoms with Crippen LogP contribution in [0.5, 0.6) is 0 Å². The molecular formula is C13H19ClN4. The fraction of sp³-hybridized carbons (Fsp3) is 0.538. The third kappa shape index (κ3) is 2.49. The van der Waals surface area contributed by atoms with E-state index < -0.39 is 0 Å². The summed E-state index contributed by atoms with van der Waals surface area (Å²) in [5.41, 5.74) is 7.50. The van der Waals surface area contributed by atoms with E-state index in [1.807, 2.05) is 6.07 Å². The fourth-order valence-electron chi connectivity index (χ4n) is 2.08. The SMILES string of the molecule is CC(C)Cc1nc2cc(Cl)cnc2n1C(C)CN. The molecule has 0 bridgehead atoms. The maximum absolute atomic E-state index is 5.96. The molecule has 5 heteroatoms. The summed E-state index contributed by atoms with van der Waals surface area (Å²) in [6.07, 6.45) is 2.57. The molecule has 0 spiro atoms. The van der Waals surface area contributed by atoms with Crippen LogP contribution in [0.25, 0.3) is 11.2 Å². The monoisotopic (exact) mass is 266 g/mol. The highest BCUT2D eigenvalue weighted by Gasteiger charge is 2.17. The Morgan fingerprint density at radius 1 is 1.39 bits per heavy atom. The van der Waals surface area contributed by atoms with Crippen molar-refractivity contribution in [1.29, 1.82) is 0 Å². The van der Waals surface area contributed by atoms with Crippen molar-refractivity contribution in [1.82, 2.24) is 14.5 Å². The molecule has 2 aromatic rings. The van der Waals surface area contributed by atoms with Crippen molar-refractivity contribution < 1.29 is 0 Å². The highest BCUT2D eigenvalue weighted by atomic mass is 35.5. The van der Waals surface area contributed by atoms with Gasteiger partial charge in [-0.2, -0.15) is 0 Å². The zero-order valence-electron chi connectivity index (χ0n) is 11.0. The molecular weight excluding hydrogens is 248 g/mol. The molecule has 0 aliphatic carbocycles. The maximum atomic E-state index is 5.96. The van der Waals surface area contributed by atoms with Gasteiger partial charge in [-0.25, -0.2) is 9.97 Å². The molecule has 0 radical (unpaired) electrons. The summed E-state index contributed by atoms with van der Waals surface area (Å²) in [4.78, 5) is 9.03. The highest BCUT2D eigenvalue weighted by Crippen LogP contribution is 2.23. The summed E-state index contributed by atoms with van der Waals surface area (Å²) in [7, 11) is 0. The Hall–Kier alpha value is -1.13. The van der Waals surface area contributed by atoms with E-state index in [0.29, 0.717) is 17.5 Å². The summed E-state index contributed by atoms with van der Waals surface area (Å²) in [6, 6.07) is 2.05. The van der Waals surface area contributed by atoms with Crippen molar-refractivity contribution in [3.8, 4) is 0 Å². The van der Waals surface area contributed by atoms with Crippen molar-refractivity contribution in [3.05, 3.63) is 23.1 Å². The number of rotatable bonds is 4. The molecule has 4 nitrogen and oxygen atoms in total. The lowest BCUT2D eigenvalue weighted by Crippen LogP contribution is -2.19. The van der Waals surface area contributed by atoms with Gasteiger partial charge in [0.05, 0.1) is 5.02 Å². The molecule has 2 heterocycles. The summed E-state index contributed by atoms with van der Waals surface area (Å²) in [6.45, 7) is 7.01. The lowest BCUT2D eigenvalue weighted by molar-refractivity contribution is 0.515. The Kier molecular flexibility index (Phi) is 3.88. The second kappa shape index (κ2) is 5.24. The summed E-state index contributed by atoms with van der Waals surface area (Å²) >= 11 is 5.96. The Morgan fingerprint density at radius 2 is 2.11 bits per heavy atom. The standard InChI is InChI=1S/C13H19ClN4/c1-8(2)4-12-17-11-5-10(14)7-16-13(11)18(12)9(3)6-15/h5,7-9H,4,6,15H2,1-3H3. The topological polar surface area (TPSA) is 56.7 Å². The molecule has 1 unspecified atom stereocenters. The van der Waals surface area contributed by atoms with Gasteiger partial charge in [-0.05, 0) is 18.9 Å². The predicted octanol–water partition coefficient (Wildman–Crippen LogP) is 2.80. The number of aromatic nitrogens is 3. The quantitative estimate of drug-likeness (QED) is 0.926. The molecule has 0 saturated carbocycles. The van der Waals surface area contributed by atoms with Crippen molar-refractivity contribution in [2.75, 3.05) is 6.54 Å². The first-order valence-corrected chi connectivity index (χ1v) is 6.63. The van der Waals surface area contributed by atoms with Crippen LogP contribution in [0.15, 0.2) is 12.3 Å². The van der Waals surface area contributed by atoms with E-state index >= 15 is 0 Å². The number of pyridine rings is 1. The number of nitrogens with zero attached hydrogens (tertiary/aromatic N) is 3. The Balaban J connectivity index is 2.60. The van der Waals surface area contributed by atoms with Crippen LogP contribution in [0.3, 0.4) is 0 Å². The number of nitrogens with two attached hydrogens (primary N) is 1. The summed E-state index contributed by atoms with van der Waals surface area (Å²) in [5.74, 6) is 1.58. The van der Waals surface area contributed by atoms with E-state index in [4.69, 9.17) is 17.3 Å². The van der Waals surface area contributed by atoms with Crippen LogP contribution < -0.4 is 5.73 Å². The van der Waals surface area contributed by atoms with Gasteiger partial charge in [-0.15, -0.1) is 0 Å².